The normalized spacial score (nSPS) is 22.9. The third-order valence-corrected chi connectivity index (χ3v) is 13.1. The molecule has 13 heteroatoms. The van der Waals surface area contributed by atoms with E-state index >= 15 is 0 Å². The van der Waals surface area contributed by atoms with E-state index in [4.69, 9.17) is 0 Å². The van der Waals surface area contributed by atoms with Crippen molar-refractivity contribution in [2.24, 2.45) is 17.3 Å². The van der Waals surface area contributed by atoms with Crippen LogP contribution in [0.2, 0.25) is 0 Å². The van der Waals surface area contributed by atoms with Gasteiger partial charge in [-0.3, -0.25) is 19.2 Å². The van der Waals surface area contributed by atoms with Crippen molar-refractivity contribution >= 4 is 39.4 Å². The number of nitrogens with zero attached hydrogens (tertiary/aromatic N) is 1. The molecule has 0 spiro atoms. The lowest BCUT2D eigenvalue weighted by Gasteiger charge is -2.41. The lowest BCUT2D eigenvalue weighted by molar-refractivity contribution is -0.144. The van der Waals surface area contributed by atoms with Gasteiger partial charge in [0.05, 0.1) is 22.1 Å². The number of hydrogen-bond acceptors (Lipinski definition) is 7. The summed E-state index contributed by atoms with van der Waals surface area (Å²) in [4.78, 5) is 68.9. The molecule has 3 rings (SSSR count). The number of amides is 5. The van der Waals surface area contributed by atoms with Crippen LogP contribution in [-0.2, 0) is 29.0 Å². The molecule has 1 saturated heterocycles. The number of likely N-dealkylation sites (tertiary alicyclic amines) is 1. The van der Waals surface area contributed by atoms with Crippen LogP contribution in [0.25, 0.3) is 0 Å². The topological polar surface area (TPSA) is 171 Å². The van der Waals surface area contributed by atoms with Gasteiger partial charge < -0.3 is 26.2 Å². The van der Waals surface area contributed by atoms with E-state index in [0.717, 1.165) is 38.5 Å². The van der Waals surface area contributed by atoms with E-state index < -0.39 is 73.2 Å². The fourth-order valence-corrected chi connectivity index (χ4v) is 8.41. The molecule has 0 radical (unpaired) electrons. The minimum Gasteiger partial charge on any atom is -0.346 e. The van der Waals surface area contributed by atoms with Gasteiger partial charge in [0, 0.05) is 13.1 Å². The van der Waals surface area contributed by atoms with Gasteiger partial charge in [-0.25, -0.2) is 13.2 Å². The van der Waals surface area contributed by atoms with Gasteiger partial charge in [-0.2, -0.15) is 0 Å². The first-order chi connectivity index (χ1) is 22.2. The number of nitrogens with one attached hydrogen (secondary N) is 4. The number of carbonyl (C=O) groups is 5. The highest BCUT2D eigenvalue weighted by Gasteiger charge is 2.47. The van der Waals surface area contributed by atoms with Crippen LogP contribution in [-0.4, -0.2) is 90.1 Å². The van der Waals surface area contributed by atoms with Gasteiger partial charge in [-0.1, -0.05) is 72.3 Å². The van der Waals surface area contributed by atoms with Crippen molar-refractivity contribution in [3.8, 4) is 0 Å². The predicted octanol–water partition coefficient (Wildman–Crippen LogP) is 3.40. The predicted molar refractivity (Wildman–Crippen MR) is 186 cm³/mol. The third-order valence-electron chi connectivity index (χ3n) is 10.3. The molecule has 5 amide bonds. The summed E-state index contributed by atoms with van der Waals surface area (Å²) >= 11 is 0. The van der Waals surface area contributed by atoms with Crippen molar-refractivity contribution in [1.29, 1.82) is 0 Å². The first kappa shape index (κ1) is 39.5. The summed E-state index contributed by atoms with van der Waals surface area (Å²) in [6.45, 7) is 16.2. The monoisotopic (exact) mass is 693 g/mol. The summed E-state index contributed by atoms with van der Waals surface area (Å²) in [5, 5.41) is 11.2. The summed E-state index contributed by atoms with van der Waals surface area (Å²) in [6, 6.07) is -3.58. The molecule has 48 heavy (non-hydrogen) atoms. The summed E-state index contributed by atoms with van der Waals surface area (Å²) in [5.74, 6) is -2.66. The van der Waals surface area contributed by atoms with Crippen molar-refractivity contribution in [2.45, 2.75) is 141 Å². The van der Waals surface area contributed by atoms with Crippen molar-refractivity contribution < 1.29 is 32.4 Å². The Morgan fingerprint density at radius 1 is 0.938 bits per heavy atom. The average Bonchev–Trinajstić information content (AvgIpc) is 3.35. The molecule has 2 saturated carbocycles. The molecule has 1 aliphatic heterocycles. The Kier molecular flexibility index (Phi) is 12.9. The minimum absolute atomic E-state index is 0.124. The van der Waals surface area contributed by atoms with Crippen LogP contribution < -0.4 is 21.3 Å². The molecular weight excluding hydrogens is 634 g/mol. The first-order valence-corrected chi connectivity index (χ1v) is 19.2. The second kappa shape index (κ2) is 15.7. The molecule has 0 aromatic carbocycles. The Bertz CT molecular complexity index is 1320. The highest BCUT2D eigenvalue weighted by Crippen LogP contribution is 2.34. The molecule has 272 valence electrons. The Balaban J connectivity index is 1.81. The molecule has 12 nitrogen and oxygen atoms in total. The Morgan fingerprint density at radius 3 is 2.08 bits per heavy atom. The number of carbonyl (C=O) groups excluding carboxylic acids is 5. The molecule has 3 fully saturated rings. The molecule has 0 bridgehead atoms. The average molecular weight is 694 g/mol. The molecular formula is C35H59N5O7S. The summed E-state index contributed by atoms with van der Waals surface area (Å²) in [5.41, 5.74) is -1.71. The van der Waals surface area contributed by atoms with Crippen molar-refractivity contribution in [2.75, 3.05) is 18.8 Å². The Hall–Kier alpha value is -2.96. The molecule has 4 N–H and O–H groups in total. The molecule has 0 aromatic rings. The Labute approximate surface area is 287 Å². The van der Waals surface area contributed by atoms with E-state index in [1.54, 1.807) is 20.8 Å². The lowest BCUT2D eigenvalue weighted by atomic mass is 9.80. The maximum atomic E-state index is 14.3. The van der Waals surface area contributed by atoms with Gasteiger partial charge in [-0.15, -0.1) is 6.58 Å². The zero-order valence-corrected chi connectivity index (χ0v) is 30.9. The molecule has 1 heterocycles. The van der Waals surface area contributed by atoms with Gasteiger partial charge in [0.1, 0.15) is 12.1 Å². The fourth-order valence-electron chi connectivity index (χ4n) is 6.89. The summed E-state index contributed by atoms with van der Waals surface area (Å²) < 4.78 is 25.5. The van der Waals surface area contributed by atoms with Crippen LogP contribution in [0.3, 0.4) is 0 Å². The van der Waals surface area contributed by atoms with E-state index in [1.165, 1.54) is 11.0 Å². The number of rotatable bonds is 13. The van der Waals surface area contributed by atoms with E-state index in [9.17, 15) is 32.4 Å². The second-order valence-corrected chi connectivity index (χ2v) is 19.1. The number of ketones is 1. The SMILES string of the molecule is C=CCNC(=O)C(=O)C(CC1CCC1)NC(=O)[C@@H]1[C@@H](C)CCN1C(=O)C(NC(=O)NC1(CS(=O)(=O)C(C)(C)C)CCCCC1)C(C)(C)C. The number of hydrogen-bond donors (Lipinski definition) is 4. The minimum atomic E-state index is -3.56. The molecule has 2 unspecified atom stereocenters. The highest BCUT2D eigenvalue weighted by molar-refractivity contribution is 7.92. The van der Waals surface area contributed by atoms with Crippen LogP contribution >= 0.6 is 0 Å². The summed E-state index contributed by atoms with van der Waals surface area (Å²) in [6.07, 6.45) is 8.78. The fraction of sp³-hybridized carbons (Fsp3) is 0.800. The first-order valence-electron chi connectivity index (χ1n) is 17.6. The van der Waals surface area contributed by atoms with Crippen molar-refractivity contribution in [1.82, 2.24) is 26.2 Å². The quantitative estimate of drug-likeness (QED) is 0.169. The molecule has 3 aliphatic rings. The van der Waals surface area contributed by atoms with Gasteiger partial charge in [0.15, 0.2) is 9.84 Å². The maximum absolute atomic E-state index is 14.3. The zero-order chi connectivity index (χ0) is 36.1. The Morgan fingerprint density at radius 2 is 1.56 bits per heavy atom. The van der Waals surface area contributed by atoms with E-state index in [-0.39, 0.29) is 30.7 Å². The standard InChI is InChI=1S/C35H59N5O7S/c1-9-19-36-30(43)27(41)25(21-24-14-13-15-24)37-29(42)26-23(2)16-20-40(26)31(44)28(33(3,4)5)38-32(45)39-35(17-11-10-12-18-35)22-48(46,47)34(6,7)8/h9,23-26,28H,1,10-22H2,2-8H3,(H,36,43)(H,37,42)(H2,38,39,45)/t23-,25?,26-,28?/m0/s1. The van der Waals surface area contributed by atoms with Crippen molar-refractivity contribution in [3.05, 3.63) is 12.7 Å². The van der Waals surface area contributed by atoms with Crippen LogP contribution in [0, 0.1) is 17.3 Å². The number of urea groups is 1. The third kappa shape index (κ3) is 9.81. The van der Waals surface area contributed by atoms with Gasteiger partial charge in [-0.05, 0) is 63.7 Å². The van der Waals surface area contributed by atoms with Crippen molar-refractivity contribution in [3.63, 3.8) is 0 Å². The van der Waals surface area contributed by atoms with E-state index in [0.29, 0.717) is 25.7 Å². The second-order valence-electron chi connectivity index (χ2n) is 16.3. The largest absolute Gasteiger partial charge is 0.346 e. The smallest absolute Gasteiger partial charge is 0.315 e. The van der Waals surface area contributed by atoms with Gasteiger partial charge in [0.2, 0.25) is 17.6 Å². The zero-order valence-electron chi connectivity index (χ0n) is 30.1. The molecule has 0 aromatic heterocycles. The molecule has 4 atom stereocenters. The van der Waals surface area contributed by atoms with Crippen LogP contribution in [0.15, 0.2) is 12.7 Å². The van der Waals surface area contributed by atoms with Crippen LogP contribution in [0.5, 0.6) is 0 Å². The van der Waals surface area contributed by atoms with E-state index in [1.807, 2.05) is 27.7 Å². The lowest BCUT2D eigenvalue weighted by Crippen LogP contribution is -2.64. The summed E-state index contributed by atoms with van der Waals surface area (Å²) in [7, 11) is -3.56. The van der Waals surface area contributed by atoms with Gasteiger partial charge >= 0.3 is 6.03 Å². The van der Waals surface area contributed by atoms with Crippen LogP contribution in [0.4, 0.5) is 4.79 Å². The van der Waals surface area contributed by atoms with Crippen LogP contribution in [0.1, 0.15) is 113 Å². The molecule has 2 aliphatic carbocycles. The highest BCUT2D eigenvalue weighted by atomic mass is 32.2. The van der Waals surface area contributed by atoms with E-state index in [2.05, 4.69) is 27.8 Å². The number of Topliss-reactive ketones (excluding diaryl/α,β-unsaturated/α-hetero) is 1. The van der Waals surface area contributed by atoms with Gasteiger partial charge in [0.25, 0.3) is 5.91 Å². The number of sulfone groups is 1. The maximum Gasteiger partial charge on any atom is 0.315 e.